The van der Waals surface area contributed by atoms with Crippen molar-refractivity contribution < 1.29 is 4.74 Å². The van der Waals surface area contributed by atoms with Crippen molar-refractivity contribution in [1.29, 1.82) is 0 Å². The quantitative estimate of drug-likeness (QED) is 0.0672. The maximum Gasteiger partial charge on any atom is 0.0494 e. The van der Waals surface area contributed by atoms with E-state index in [-0.39, 0.29) is 0 Å². The first kappa shape index (κ1) is 41.0. The smallest absolute Gasteiger partial charge is 0.0494 e. The minimum Gasteiger partial charge on any atom is -0.381 e. The zero-order valence-corrected chi connectivity index (χ0v) is 29.6. The number of hydrogen-bond donors (Lipinski definition) is 0. The summed E-state index contributed by atoms with van der Waals surface area (Å²) in [5.41, 5.74) is 0. The van der Waals surface area contributed by atoms with Gasteiger partial charge in [-0.1, -0.05) is 207 Å². The summed E-state index contributed by atoms with van der Waals surface area (Å²) >= 11 is 0. The first-order valence-electron chi connectivity index (χ1n) is 19.9. The van der Waals surface area contributed by atoms with E-state index in [0.29, 0.717) is 0 Å². The van der Waals surface area contributed by atoms with Crippen LogP contribution in [-0.4, -0.2) is 13.2 Å². The van der Waals surface area contributed by atoms with E-state index in [1.807, 2.05) is 0 Å². The molecule has 2 atom stereocenters. The van der Waals surface area contributed by atoms with Gasteiger partial charge in [0, 0.05) is 13.2 Å². The van der Waals surface area contributed by atoms with E-state index < -0.39 is 0 Å². The summed E-state index contributed by atoms with van der Waals surface area (Å²) in [5, 5.41) is 0. The lowest BCUT2D eigenvalue weighted by atomic mass is 9.93. The Hall–Kier alpha value is -0.0400. The summed E-state index contributed by atoms with van der Waals surface area (Å²) in [6, 6.07) is 0. The minimum atomic E-state index is 0.805. The zero-order chi connectivity index (χ0) is 29.9. The highest BCUT2D eigenvalue weighted by Gasteiger charge is 2.13. The molecule has 0 spiro atoms. The van der Waals surface area contributed by atoms with E-state index in [1.54, 1.807) is 0 Å². The Morgan fingerprint density at radius 1 is 0.268 bits per heavy atom. The summed E-state index contributed by atoms with van der Waals surface area (Å²) in [4.78, 5) is 0. The molecule has 1 nitrogen and oxygen atoms in total. The Labute approximate surface area is 262 Å². The van der Waals surface area contributed by atoms with Crippen LogP contribution in [0.1, 0.15) is 233 Å². The van der Waals surface area contributed by atoms with E-state index in [9.17, 15) is 0 Å². The molecule has 0 bridgehead atoms. The van der Waals surface area contributed by atoms with Gasteiger partial charge in [-0.25, -0.2) is 0 Å². The molecule has 0 aromatic heterocycles. The van der Waals surface area contributed by atoms with Gasteiger partial charge in [0.25, 0.3) is 0 Å². The highest BCUT2D eigenvalue weighted by atomic mass is 16.5. The van der Waals surface area contributed by atoms with Crippen LogP contribution in [0, 0.1) is 11.8 Å². The molecular formula is C40H82O. The molecule has 0 amide bonds. The molecule has 0 aliphatic rings. The van der Waals surface area contributed by atoms with Gasteiger partial charge in [0.05, 0.1) is 0 Å². The fraction of sp³-hybridized carbons (Fsp3) is 1.00. The fourth-order valence-corrected chi connectivity index (χ4v) is 6.58. The van der Waals surface area contributed by atoms with E-state index in [2.05, 4.69) is 27.7 Å². The molecule has 0 heterocycles. The number of hydrogen-bond acceptors (Lipinski definition) is 1. The summed E-state index contributed by atoms with van der Waals surface area (Å²) in [5.74, 6) is 1.61. The van der Waals surface area contributed by atoms with Crippen LogP contribution in [-0.2, 0) is 4.74 Å². The zero-order valence-electron chi connectivity index (χ0n) is 29.6. The van der Waals surface area contributed by atoms with Crippen molar-refractivity contribution in [2.75, 3.05) is 13.2 Å². The topological polar surface area (TPSA) is 9.23 Å². The van der Waals surface area contributed by atoms with Crippen LogP contribution in [0.25, 0.3) is 0 Å². The second-order valence-electron chi connectivity index (χ2n) is 13.9. The third kappa shape index (κ3) is 32.7. The predicted octanol–water partition coefficient (Wildman–Crippen LogP) is 14.8. The monoisotopic (exact) mass is 579 g/mol. The summed E-state index contributed by atoms with van der Waals surface area (Å²) in [6.07, 6.45) is 45.6. The molecule has 0 saturated heterocycles. The first-order valence-corrected chi connectivity index (χ1v) is 19.9. The third-order valence-electron chi connectivity index (χ3n) is 9.57. The van der Waals surface area contributed by atoms with Gasteiger partial charge < -0.3 is 4.74 Å². The maximum atomic E-state index is 6.59. The average molecular weight is 579 g/mol. The van der Waals surface area contributed by atoms with Crippen LogP contribution in [0.15, 0.2) is 0 Å². The molecule has 41 heavy (non-hydrogen) atoms. The van der Waals surface area contributed by atoms with Crippen LogP contribution >= 0.6 is 0 Å². The molecule has 0 rings (SSSR count). The van der Waals surface area contributed by atoms with Crippen molar-refractivity contribution in [3.63, 3.8) is 0 Å². The molecular weight excluding hydrogens is 496 g/mol. The molecule has 0 aliphatic heterocycles. The third-order valence-corrected chi connectivity index (χ3v) is 9.57. The summed E-state index contributed by atoms with van der Waals surface area (Å²) in [7, 11) is 0. The lowest BCUT2D eigenvalue weighted by Gasteiger charge is -2.21. The molecule has 0 radical (unpaired) electrons. The average Bonchev–Trinajstić information content (AvgIpc) is 2.98. The normalized spacial score (nSPS) is 13.2. The molecule has 0 aliphatic carbocycles. The van der Waals surface area contributed by atoms with Crippen molar-refractivity contribution in [2.24, 2.45) is 11.8 Å². The van der Waals surface area contributed by atoms with Crippen LogP contribution in [0.3, 0.4) is 0 Å². The van der Waals surface area contributed by atoms with Crippen molar-refractivity contribution in [3.8, 4) is 0 Å². The van der Waals surface area contributed by atoms with Crippen molar-refractivity contribution in [2.45, 2.75) is 233 Å². The summed E-state index contributed by atoms with van der Waals surface area (Å²) < 4.78 is 6.59. The molecule has 2 unspecified atom stereocenters. The minimum absolute atomic E-state index is 0.805. The van der Waals surface area contributed by atoms with E-state index in [1.165, 1.54) is 205 Å². The number of unbranched alkanes of at least 4 members (excludes halogenated alkanes) is 24. The first-order chi connectivity index (χ1) is 20.3. The molecule has 0 fully saturated rings. The van der Waals surface area contributed by atoms with Gasteiger partial charge in [-0.15, -0.1) is 0 Å². The van der Waals surface area contributed by atoms with Crippen LogP contribution in [0.4, 0.5) is 0 Å². The van der Waals surface area contributed by atoms with Gasteiger partial charge in [-0.05, 0) is 37.5 Å². The lowest BCUT2D eigenvalue weighted by molar-refractivity contribution is 0.0587. The Kier molecular flexibility index (Phi) is 36.1. The van der Waals surface area contributed by atoms with Crippen LogP contribution in [0.5, 0.6) is 0 Å². The Balaban J connectivity index is 4.47. The largest absolute Gasteiger partial charge is 0.381 e. The van der Waals surface area contributed by atoms with E-state index in [0.717, 1.165) is 25.0 Å². The highest BCUT2D eigenvalue weighted by molar-refractivity contribution is 4.64. The molecule has 1 heteroatoms. The molecule has 0 saturated carbocycles. The Bertz CT molecular complexity index is 406. The van der Waals surface area contributed by atoms with Crippen molar-refractivity contribution in [3.05, 3.63) is 0 Å². The van der Waals surface area contributed by atoms with Crippen LogP contribution < -0.4 is 0 Å². The Morgan fingerprint density at radius 3 is 0.683 bits per heavy atom. The molecule has 0 N–H and O–H groups in total. The van der Waals surface area contributed by atoms with Gasteiger partial charge in [-0.2, -0.15) is 0 Å². The second kappa shape index (κ2) is 36.2. The van der Waals surface area contributed by atoms with E-state index in [4.69, 9.17) is 4.74 Å². The van der Waals surface area contributed by atoms with Crippen molar-refractivity contribution >= 4 is 0 Å². The molecule has 0 aromatic carbocycles. The lowest BCUT2D eigenvalue weighted by Crippen LogP contribution is -2.16. The fourth-order valence-electron chi connectivity index (χ4n) is 6.58. The van der Waals surface area contributed by atoms with Gasteiger partial charge in [0.2, 0.25) is 0 Å². The van der Waals surface area contributed by atoms with Gasteiger partial charge >= 0.3 is 0 Å². The molecule has 248 valence electrons. The SMILES string of the molecule is CCCCCCCCCCC(CCCCCCCC)COCC(CCCCCCCC)CCCCCCCCCC. The summed E-state index contributed by atoms with van der Waals surface area (Å²) in [6.45, 7) is 11.4. The second-order valence-corrected chi connectivity index (χ2v) is 13.9. The van der Waals surface area contributed by atoms with E-state index >= 15 is 0 Å². The predicted molar refractivity (Wildman–Crippen MR) is 188 cm³/mol. The number of rotatable bonds is 36. The van der Waals surface area contributed by atoms with Gasteiger partial charge in [0.15, 0.2) is 0 Å². The van der Waals surface area contributed by atoms with Crippen molar-refractivity contribution in [1.82, 2.24) is 0 Å². The van der Waals surface area contributed by atoms with Gasteiger partial charge in [-0.3, -0.25) is 0 Å². The molecule has 0 aromatic rings. The van der Waals surface area contributed by atoms with Crippen LogP contribution in [0.2, 0.25) is 0 Å². The standard InChI is InChI=1S/C40H82O/c1-5-9-13-17-21-23-27-31-35-39(33-29-25-19-15-11-7-3)37-41-38-40(34-30-26-20-16-12-8-4)36-32-28-24-22-18-14-10-6-2/h39-40H,5-38H2,1-4H3. The maximum absolute atomic E-state index is 6.59. The number of ether oxygens (including phenoxy) is 1. The Morgan fingerprint density at radius 2 is 0.463 bits per heavy atom. The van der Waals surface area contributed by atoms with Gasteiger partial charge in [0.1, 0.15) is 0 Å². The highest BCUT2D eigenvalue weighted by Crippen LogP contribution is 2.23.